The first kappa shape index (κ1) is 35.3. The van der Waals surface area contributed by atoms with Gasteiger partial charge in [-0.05, 0) is 67.8 Å². The van der Waals surface area contributed by atoms with Crippen LogP contribution < -0.4 is 9.62 Å². The summed E-state index contributed by atoms with van der Waals surface area (Å²) in [6, 6.07) is 25.9. The quantitative estimate of drug-likeness (QED) is 0.155. The molecule has 0 radical (unpaired) electrons. The molecule has 0 heterocycles. The van der Waals surface area contributed by atoms with Gasteiger partial charge >= 0.3 is 0 Å². The Morgan fingerprint density at radius 3 is 2.07 bits per heavy atom. The Bertz CT molecular complexity index is 1750. The van der Waals surface area contributed by atoms with Crippen molar-refractivity contribution in [2.24, 2.45) is 0 Å². The van der Waals surface area contributed by atoms with Crippen LogP contribution in [0.4, 0.5) is 5.69 Å². The molecule has 0 aliphatic carbocycles. The van der Waals surface area contributed by atoms with E-state index in [0.29, 0.717) is 17.0 Å². The van der Waals surface area contributed by atoms with Crippen LogP contribution in [0.5, 0.6) is 0 Å². The van der Waals surface area contributed by atoms with E-state index in [1.165, 1.54) is 35.2 Å². The summed E-state index contributed by atoms with van der Waals surface area (Å²) in [7, 11) is -4.30. The number of nitrogens with one attached hydrogen (secondary N) is 1. The van der Waals surface area contributed by atoms with Gasteiger partial charge in [-0.15, -0.1) is 0 Å². The fraction of sp³-hybridized carbons (Fsp3) is 0.257. The van der Waals surface area contributed by atoms with Crippen LogP contribution in [-0.2, 0) is 32.6 Å². The summed E-state index contributed by atoms with van der Waals surface area (Å²) in [6.45, 7) is 5.00. The van der Waals surface area contributed by atoms with E-state index in [1.54, 1.807) is 36.4 Å². The van der Waals surface area contributed by atoms with Crippen LogP contribution in [0.3, 0.4) is 0 Å². The highest BCUT2D eigenvalue weighted by Gasteiger charge is 2.35. The van der Waals surface area contributed by atoms with Gasteiger partial charge in [0, 0.05) is 34.1 Å². The summed E-state index contributed by atoms with van der Waals surface area (Å²) in [5.41, 5.74) is 2.40. The minimum Gasteiger partial charge on any atom is -0.352 e. The Morgan fingerprint density at radius 2 is 1.46 bits per heavy atom. The lowest BCUT2D eigenvalue weighted by Gasteiger charge is -2.34. The number of aryl methyl sites for hydroxylation is 1. The van der Waals surface area contributed by atoms with Crippen LogP contribution in [-0.4, -0.2) is 43.8 Å². The summed E-state index contributed by atoms with van der Waals surface area (Å²) >= 11 is 19.2. The molecule has 0 saturated carbocycles. The first-order chi connectivity index (χ1) is 21.9. The van der Waals surface area contributed by atoms with Crippen LogP contribution in [0.2, 0.25) is 15.1 Å². The number of halogens is 3. The van der Waals surface area contributed by atoms with Crippen LogP contribution in [0.1, 0.15) is 37.0 Å². The number of amides is 2. The lowest BCUT2D eigenvalue weighted by molar-refractivity contribution is -0.140. The highest BCUT2D eigenvalue weighted by atomic mass is 35.5. The van der Waals surface area contributed by atoms with E-state index in [1.807, 2.05) is 51.1 Å². The molecule has 1 N–H and O–H groups in total. The lowest BCUT2D eigenvalue weighted by Crippen LogP contribution is -2.54. The summed E-state index contributed by atoms with van der Waals surface area (Å²) in [5, 5.41) is 3.82. The first-order valence-corrected chi connectivity index (χ1v) is 17.4. The van der Waals surface area contributed by atoms with Gasteiger partial charge in [0.15, 0.2) is 0 Å². The molecule has 0 aliphatic heterocycles. The van der Waals surface area contributed by atoms with Gasteiger partial charge in [-0.1, -0.05) is 108 Å². The van der Waals surface area contributed by atoms with Crippen LogP contribution in [0.15, 0.2) is 102 Å². The molecule has 0 bridgehead atoms. The molecule has 2 atom stereocenters. The zero-order chi connectivity index (χ0) is 33.4. The van der Waals surface area contributed by atoms with Crippen LogP contribution >= 0.6 is 34.8 Å². The second-order valence-electron chi connectivity index (χ2n) is 11.1. The van der Waals surface area contributed by atoms with E-state index < -0.39 is 28.5 Å². The molecular formula is C35H36Cl3N3O4S. The van der Waals surface area contributed by atoms with Gasteiger partial charge < -0.3 is 10.2 Å². The molecule has 0 aliphatic rings. The maximum absolute atomic E-state index is 14.6. The minimum atomic E-state index is -4.30. The Morgan fingerprint density at radius 1 is 0.848 bits per heavy atom. The normalized spacial score (nSPS) is 12.7. The van der Waals surface area contributed by atoms with Crippen molar-refractivity contribution in [3.63, 3.8) is 0 Å². The molecule has 4 aromatic carbocycles. The third kappa shape index (κ3) is 9.04. The fourth-order valence-electron chi connectivity index (χ4n) is 4.85. The predicted molar refractivity (Wildman–Crippen MR) is 186 cm³/mol. The van der Waals surface area contributed by atoms with E-state index in [0.717, 1.165) is 15.4 Å². The molecule has 4 aromatic rings. The van der Waals surface area contributed by atoms with E-state index >= 15 is 0 Å². The average molecular weight is 701 g/mol. The van der Waals surface area contributed by atoms with Gasteiger partial charge in [0.2, 0.25) is 11.8 Å². The van der Waals surface area contributed by atoms with Crippen molar-refractivity contribution < 1.29 is 18.0 Å². The number of hydrogen-bond donors (Lipinski definition) is 1. The van der Waals surface area contributed by atoms with Crippen LogP contribution in [0, 0.1) is 6.92 Å². The maximum Gasteiger partial charge on any atom is 0.264 e. The predicted octanol–water partition coefficient (Wildman–Crippen LogP) is 7.71. The van der Waals surface area contributed by atoms with E-state index in [4.69, 9.17) is 34.8 Å². The monoisotopic (exact) mass is 699 g/mol. The van der Waals surface area contributed by atoms with Crippen molar-refractivity contribution >= 4 is 62.3 Å². The molecule has 0 fully saturated rings. The first-order valence-electron chi connectivity index (χ1n) is 14.8. The van der Waals surface area contributed by atoms with E-state index in [2.05, 4.69) is 5.32 Å². The van der Waals surface area contributed by atoms with Crippen molar-refractivity contribution in [1.29, 1.82) is 0 Å². The molecule has 0 unspecified atom stereocenters. The van der Waals surface area contributed by atoms with Crippen molar-refractivity contribution in [3.8, 4) is 0 Å². The van der Waals surface area contributed by atoms with Crippen molar-refractivity contribution in [3.05, 3.63) is 129 Å². The Hall–Kier alpha value is -3.56. The third-order valence-electron chi connectivity index (χ3n) is 7.59. The van der Waals surface area contributed by atoms with Gasteiger partial charge in [-0.3, -0.25) is 13.9 Å². The second-order valence-corrected chi connectivity index (χ2v) is 14.2. The van der Waals surface area contributed by atoms with Gasteiger partial charge in [0.25, 0.3) is 10.0 Å². The molecular weight excluding hydrogens is 665 g/mol. The Kier molecular flexibility index (Phi) is 12.1. The SMILES string of the molecule is CC[C@@H](C)NC(=O)[C@H](Cc1ccccc1)N(Cc1ccccc1Cl)C(=O)CN(c1cc(Cl)cc(Cl)c1)S(=O)(=O)c1ccc(C)cc1. The highest BCUT2D eigenvalue weighted by Crippen LogP contribution is 2.31. The van der Waals surface area contributed by atoms with Crippen molar-refractivity contribution in [2.75, 3.05) is 10.8 Å². The van der Waals surface area contributed by atoms with Crippen LogP contribution in [0.25, 0.3) is 0 Å². The number of hydrogen-bond acceptors (Lipinski definition) is 4. The van der Waals surface area contributed by atoms with Crippen molar-refractivity contribution in [1.82, 2.24) is 10.2 Å². The topological polar surface area (TPSA) is 86.8 Å². The Labute approximate surface area is 286 Å². The summed E-state index contributed by atoms with van der Waals surface area (Å²) < 4.78 is 29.3. The lowest BCUT2D eigenvalue weighted by atomic mass is 10.0. The highest BCUT2D eigenvalue weighted by molar-refractivity contribution is 7.92. The molecule has 0 aromatic heterocycles. The zero-order valence-corrected chi connectivity index (χ0v) is 28.9. The number of sulfonamides is 1. The number of nitrogens with zero attached hydrogens (tertiary/aromatic N) is 2. The van der Waals surface area contributed by atoms with Gasteiger partial charge in [0.05, 0.1) is 10.6 Å². The second kappa shape index (κ2) is 15.8. The Balaban J connectivity index is 1.84. The van der Waals surface area contributed by atoms with E-state index in [-0.39, 0.29) is 45.5 Å². The number of carbonyl (C=O) groups excluding carboxylic acids is 2. The third-order valence-corrected chi connectivity index (χ3v) is 10.2. The summed E-state index contributed by atoms with van der Waals surface area (Å²) in [4.78, 5) is 29.9. The van der Waals surface area contributed by atoms with Gasteiger partial charge in [0.1, 0.15) is 12.6 Å². The van der Waals surface area contributed by atoms with E-state index in [9.17, 15) is 18.0 Å². The standard InChI is InChI=1S/C35H36Cl3N3O4S/c1-4-25(3)39-35(43)33(18-26-10-6-5-7-11-26)40(22-27-12-8-9-13-32(27)38)34(42)23-41(30-20-28(36)19-29(37)21-30)46(44,45)31-16-14-24(2)15-17-31/h5-17,19-21,25,33H,4,18,22-23H2,1-3H3,(H,39,43)/t25-,33+/m1/s1. The molecule has 0 spiro atoms. The molecule has 7 nitrogen and oxygen atoms in total. The molecule has 4 rings (SSSR count). The molecule has 11 heteroatoms. The number of benzene rings is 4. The van der Waals surface area contributed by atoms with Gasteiger partial charge in [-0.25, -0.2) is 8.42 Å². The zero-order valence-electron chi connectivity index (χ0n) is 25.8. The average Bonchev–Trinajstić information content (AvgIpc) is 3.02. The fourth-order valence-corrected chi connectivity index (χ4v) is 6.96. The number of rotatable bonds is 13. The number of carbonyl (C=O) groups is 2. The smallest absolute Gasteiger partial charge is 0.264 e. The summed E-state index contributed by atoms with van der Waals surface area (Å²) in [5.74, 6) is -0.982. The number of anilines is 1. The molecule has 0 saturated heterocycles. The largest absolute Gasteiger partial charge is 0.352 e. The van der Waals surface area contributed by atoms with Crippen molar-refractivity contribution in [2.45, 2.75) is 57.1 Å². The minimum absolute atomic E-state index is 0.0185. The maximum atomic E-state index is 14.6. The molecule has 242 valence electrons. The summed E-state index contributed by atoms with van der Waals surface area (Å²) in [6.07, 6.45) is 0.868. The molecule has 46 heavy (non-hydrogen) atoms. The molecule has 2 amide bonds. The van der Waals surface area contributed by atoms with Gasteiger partial charge in [-0.2, -0.15) is 0 Å².